The Morgan fingerprint density at radius 1 is 1.48 bits per heavy atom. The van der Waals surface area contributed by atoms with Crippen LogP contribution in [0.1, 0.15) is 25.8 Å². The maximum absolute atomic E-state index is 11.3. The number of nitro benzene ring substituents is 1. The van der Waals surface area contributed by atoms with Gasteiger partial charge in [-0.2, -0.15) is 0 Å². The molecule has 0 fully saturated rings. The summed E-state index contributed by atoms with van der Waals surface area (Å²) in [5.74, 6) is 0. The maximum atomic E-state index is 11.3. The minimum absolute atomic E-state index is 0.0381. The van der Waals surface area contributed by atoms with Gasteiger partial charge >= 0.3 is 0 Å². The summed E-state index contributed by atoms with van der Waals surface area (Å²) < 4.78 is 0. The Labute approximate surface area is 124 Å². The van der Waals surface area contributed by atoms with Gasteiger partial charge in [0.1, 0.15) is 5.69 Å². The normalized spacial score (nSPS) is 15.5. The molecule has 1 heterocycles. The van der Waals surface area contributed by atoms with Crippen molar-refractivity contribution in [1.29, 1.82) is 0 Å². The fraction of sp³-hybridized carbons (Fsp3) is 0.467. The number of hydrogen-bond acceptors (Lipinski definition) is 5. The Hall–Kier alpha value is -1.92. The van der Waals surface area contributed by atoms with Crippen molar-refractivity contribution in [3.05, 3.63) is 40.0 Å². The van der Waals surface area contributed by atoms with Crippen molar-refractivity contribution in [2.45, 2.75) is 25.9 Å². The van der Waals surface area contributed by atoms with E-state index in [9.17, 15) is 15.2 Å². The third-order valence-electron chi connectivity index (χ3n) is 3.34. The summed E-state index contributed by atoms with van der Waals surface area (Å²) in [7, 11) is 0. The minimum Gasteiger partial charge on any atom is -0.389 e. The zero-order chi connectivity index (χ0) is 15.5. The predicted octanol–water partition coefficient (Wildman–Crippen LogP) is 2.15. The molecule has 21 heavy (non-hydrogen) atoms. The van der Waals surface area contributed by atoms with E-state index in [1.54, 1.807) is 26.0 Å². The highest BCUT2D eigenvalue weighted by Crippen LogP contribution is 2.30. The third-order valence-corrected chi connectivity index (χ3v) is 3.34. The van der Waals surface area contributed by atoms with Gasteiger partial charge in [-0.15, -0.1) is 0 Å². The van der Waals surface area contributed by atoms with Crippen LogP contribution >= 0.6 is 0 Å². The standard InChI is InChI=1S/C15H21N3O3/c1-15(2,19)10-17-13-4-3-12(9-14(13)18(20)21)11-5-7-16-8-6-11/h3-5,9,16-17,19H,6-8,10H2,1-2H3. The molecule has 0 bridgehead atoms. The molecule has 0 aromatic heterocycles. The average Bonchev–Trinajstić information content (AvgIpc) is 2.45. The Morgan fingerprint density at radius 2 is 2.24 bits per heavy atom. The highest BCUT2D eigenvalue weighted by Gasteiger charge is 2.19. The van der Waals surface area contributed by atoms with E-state index in [0.29, 0.717) is 5.69 Å². The SMILES string of the molecule is CC(C)(O)CNc1ccc(C2=CCNCC2)cc1[N+](=O)[O-]. The van der Waals surface area contributed by atoms with Crippen molar-refractivity contribution < 1.29 is 10.0 Å². The molecule has 0 radical (unpaired) electrons. The van der Waals surface area contributed by atoms with Gasteiger partial charge in [0.2, 0.25) is 0 Å². The number of hydrogen-bond donors (Lipinski definition) is 3. The zero-order valence-corrected chi connectivity index (χ0v) is 12.3. The fourth-order valence-corrected chi connectivity index (χ4v) is 2.23. The topological polar surface area (TPSA) is 87.4 Å². The molecular weight excluding hydrogens is 270 g/mol. The smallest absolute Gasteiger partial charge is 0.292 e. The summed E-state index contributed by atoms with van der Waals surface area (Å²) in [5, 5.41) is 27.1. The van der Waals surface area contributed by atoms with Crippen molar-refractivity contribution in [2.24, 2.45) is 0 Å². The molecule has 114 valence electrons. The largest absolute Gasteiger partial charge is 0.389 e. The molecule has 2 rings (SSSR count). The number of rotatable bonds is 5. The monoisotopic (exact) mass is 291 g/mol. The molecule has 0 saturated heterocycles. The summed E-state index contributed by atoms with van der Waals surface area (Å²) in [4.78, 5) is 10.9. The second kappa shape index (κ2) is 6.24. The van der Waals surface area contributed by atoms with E-state index in [-0.39, 0.29) is 12.2 Å². The lowest BCUT2D eigenvalue weighted by atomic mass is 9.99. The van der Waals surface area contributed by atoms with Crippen molar-refractivity contribution in [3.63, 3.8) is 0 Å². The number of nitro groups is 1. The first-order chi connectivity index (χ1) is 9.87. The van der Waals surface area contributed by atoms with Gasteiger partial charge in [0.05, 0.1) is 10.5 Å². The molecule has 6 heteroatoms. The van der Waals surface area contributed by atoms with Crippen LogP contribution in [0.2, 0.25) is 0 Å². The van der Waals surface area contributed by atoms with Gasteiger partial charge in [0.15, 0.2) is 0 Å². The van der Waals surface area contributed by atoms with Gasteiger partial charge in [0, 0.05) is 19.2 Å². The molecule has 0 unspecified atom stereocenters. The number of anilines is 1. The number of nitrogens with zero attached hydrogens (tertiary/aromatic N) is 1. The van der Waals surface area contributed by atoms with Crippen LogP contribution in [0.3, 0.4) is 0 Å². The molecule has 6 nitrogen and oxygen atoms in total. The minimum atomic E-state index is -0.926. The fourth-order valence-electron chi connectivity index (χ4n) is 2.23. The summed E-state index contributed by atoms with van der Waals surface area (Å²) in [5.41, 5.74) is 1.56. The molecule has 0 amide bonds. The van der Waals surface area contributed by atoms with Crippen LogP contribution in [0.15, 0.2) is 24.3 Å². The second-order valence-electron chi connectivity index (χ2n) is 5.84. The molecule has 0 atom stereocenters. The molecule has 1 aromatic carbocycles. The van der Waals surface area contributed by atoms with Gasteiger partial charge in [-0.3, -0.25) is 10.1 Å². The van der Waals surface area contributed by atoms with Gasteiger partial charge < -0.3 is 15.7 Å². The third kappa shape index (κ3) is 4.27. The Morgan fingerprint density at radius 3 is 2.81 bits per heavy atom. The Balaban J connectivity index is 2.26. The quantitative estimate of drug-likeness (QED) is 0.571. The molecule has 1 aliphatic rings. The van der Waals surface area contributed by atoms with Crippen molar-refractivity contribution >= 4 is 16.9 Å². The van der Waals surface area contributed by atoms with E-state index in [1.165, 1.54) is 0 Å². The molecule has 3 N–H and O–H groups in total. The van der Waals surface area contributed by atoms with Crippen molar-refractivity contribution in [2.75, 3.05) is 25.0 Å². The van der Waals surface area contributed by atoms with Gasteiger partial charge in [0.25, 0.3) is 5.69 Å². The van der Waals surface area contributed by atoms with Gasteiger partial charge in [-0.1, -0.05) is 12.1 Å². The number of nitrogens with one attached hydrogen (secondary N) is 2. The lowest BCUT2D eigenvalue weighted by molar-refractivity contribution is -0.384. The number of aliphatic hydroxyl groups is 1. The Kier molecular flexibility index (Phi) is 4.59. The molecular formula is C15H21N3O3. The average molecular weight is 291 g/mol. The van der Waals surface area contributed by atoms with Gasteiger partial charge in [-0.05, 0) is 44.0 Å². The molecule has 0 saturated carbocycles. The molecule has 1 aromatic rings. The maximum Gasteiger partial charge on any atom is 0.292 e. The van der Waals surface area contributed by atoms with E-state index in [1.807, 2.05) is 6.07 Å². The van der Waals surface area contributed by atoms with Crippen LogP contribution in [0.25, 0.3) is 5.57 Å². The Bertz CT molecular complexity index is 562. The zero-order valence-electron chi connectivity index (χ0n) is 12.3. The summed E-state index contributed by atoms with van der Waals surface area (Å²) in [6.07, 6.45) is 2.93. The van der Waals surface area contributed by atoms with E-state index >= 15 is 0 Å². The van der Waals surface area contributed by atoms with Gasteiger partial charge in [-0.25, -0.2) is 0 Å². The van der Waals surface area contributed by atoms with E-state index in [2.05, 4.69) is 16.7 Å². The highest BCUT2D eigenvalue weighted by molar-refractivity contribution is 5.73. The van der Waals surface area contributed by atoms with Crippen molar-refractivity contribution in [3.8, 4) is 0 Å². The molecule has 0 spiro atoms. The van der Waals surface area contributed by atoms with Crippen LogP contribution < -0.4 is 10.6 Å². The van der Waals surface area contributed by atoms with Crippen LogP contribution in [-0.4, -0.2) is 35.3 Å². The van der Waals surface area contributed by atoms with Crippen LogP contribution in [-0.2, 0) is 0 Å². The molecule has 0 aliphatic carbocycles. The first-order valence-electron chi connectivity index (χ1n) is 7.02. The second-order valence-corrected chi connectivity index (χ2v) is 5.84. The summed E-state index contributed by atoms with van der Waals surface area (Å²) in [6, 6.07) is 5.20. The van der Waals surface area contributed by atoms with E-state index in [4.69, 9.17) is 0 Å². The first kappa shape index (κ1) is 15.5. The lowest BCUT2D eigenvalue weighted by Gasteiger charge is -2.19. The predicted molar refractivity (Wildman–Crippen MR) is 83.3 cm³/mol. The highest BCUT2D eigenvalue weighted by atomic mass is 16.6. The summed E-state index contributed by atoms with van der Waals surface area (Å²) in [6.45, 7) is 5.24. The lowest BCUT2D eigenvalue weighted by Crippen LogP contribution is -2.29. The summed E-state index contributed by atoms with van der Waals surface area (Å²) >= 11 is 0. The number of benzene rings is 1. The van der Waals surface area contributed by atoms with E-state index in [0.717, 1.165) is 30.6 Å². The first-order valence-corrected chi connectivity index (χ1v) is 7.02. The van der Waals surface area contributed by atoms with E-state index < -0.39 is 10.5 Å². The van der Waals surface area contributed by atoms with Crippen LogP contribution in [0.5, 0.6) is 0 Å². The van der Waals surface area contributed by atoms with Crippen LogP contribution in [0.4, 0.5) is 11.4 Å². The van der Waals surface area contributed by atoms with Crippen LogP contribution in [0, 0.1) is 10.1 Å². The van der Waals surface area contributed by atoms with Crippen molar-refractivity contribution in [1.82, 2.24) is 5.32 Å². The molecule has 1 aliphatic heterocycles.